The van der Waals surface area contributed by atoms with Crippen molar-refractivity contribution in [1.29, 1.82) is 0 Å². The fraction of sp³-hybridized carbons (Fsp3) is 0.417. The zero-order chi connectivity index (χ0) is 21.4. The number of piperazine rings is 1. The molecular formula is C24H28N4O2S. The molecule has 1 aromatic carbocycles. The third-order valence-corrected chi connectivity index (χ3v) is 7.55. The van der Waals surface area contributed by atoms with Gasteiger partial charge in [-0.15, -0.1) is 11.3 Å². The number of hydrogen-bond acceptors (Lipinski definition) is 6. The first-order valence-corrected chi connectivity index (χ1v) is 11.8. The molecule has 1 aliphatic carbocycles. The molecule has 7 heteroatoms. The Kier molecular flexibility index (Phi) is 5.44. The smallest absolute Gasteiger partial charge is 0.266 e. The van der Waals surface area contributed by atoms with Crippen molar-refractivity contribution in [3.05, 3.63) is 46.5 Å². The molecule has 1 aliphatic heterocycles. The topological polar surface area (TPSA) is 71.7 Å². The number of nitrogens with two attached hydrogens (primary N) is 1. The highest BCUT2D eigenvalue weighted by Gasteiger charge is 2.27. The van der Waals surface area contributed by atoms with E-state index >= 15 is 0 Å². The average molecular weight is 437 g/mol. The Bertz CT molecular complexity index is 1100. The van der Waals surface area contributed by atoms with Crippen molar-refractivity contribution in [2.45, 2.75) is 32.1 Å². The minimum Gasteiger partial charge on any atom is -0.497 e. The molecule has 0 bridgehead atoms. The van der Waals surface area contributed by atoms with Crippen LogP contribution in [0.4, 0.5) is 11.4 Å². The lowest BCUT2D eigenvalue weighted by molar-refractivity contribution is 0.0752. The molecule has 2 aliphatic rings. The van der Waals surface area contributed by atoms with Crippen molar-refractivity contribution in [1.82, 2.24) is 9.88 Å². The van der Waals surface area contributed by atoms with E-state index in [0.717, 1.165) is 47.6 Å². The van der Waals surface area contributed by atoms with Crippen LogP contribution in [-0.2, 0) is 12.8 Å². The Morgan fingerprint density at radius 2 is 1.81 bits per heavy atom. The van der Waals surface area contributed by atoms with Gasteiger partial charge >= 0.3 is 0 Å². The maximum atomic E-state index is 13.3. The molecule has 1 saturated heterocycles. The van der Waals surface area contributed by atoms with Crippen molar-refractivity contribution in [3.8, 4) is 5.75 Å². The zero-order valence-corrected chi connectivity index (χ0v) is 18.7. The van der Waals surface area contributed by atoms with E-state index in [2.05, 4.69) is 23.1 Å². The third kappa shape index (κ3) is 3.82. The fourth-order valence-electron chi connectivity index (χ4n) is 4.60. The second-order valence-electron chi connectivity index (χ2n) is 8.33. The number of pyridine rings is 1. The summed E-state index contributed by atoms with van der Waals surface area (Å²) in [5.74, 6) is 0.883. The van der Waals surface area contributed by atoms with Crippen molar-refractivity contribution >= 4 is 38.8 Å². The largest absolute Gasteiger partial charge is 0.497 e. The number of benzene rings is 1. The molecule has 1 amide bonds. The number of methoxy groups -OCH3 is 1. The predicted molar refractivity (Wildman–Crippen MR) is 126 cm³/mol. The number of thiophene rings is 1. The molecule has 0 unspecified atom stereocenters. The van der Waals surface area contributed by atoms with Crippen molar-refractivity contribution in [3.63, 3.8) is 0 Å². The minimum absolute atomic E-state index is 0.0325. The van der Waals surface area contributed by atoms with Crippen LogP contribution >= 0.6 is 11.3 Å². The molecule has 1 fully saturated rings. The first-order chi connectivity index (χ1) is 15.1. The minimum atomic E-state index is 0.0325. The van der Waals surface area contributed by atoms with Crippen molar-refractivity contribution < 1.29 is 9.53 Å². The van der Waals surface area contributed by atoms with Gasteiger partial charge in [0.05, 0.1) is 12.8 Å². The number of amides is 1. The van der Waals surface area contributed by atoms with E-state index in [-0.39, 0.29) is 5.91 Å². The van der Waals surface area contributed by atoms with Gasteiger partial charge < -0.3 is 20.3 Å². The summed E-state index contributed by atoms with van der Waals surface area (Å²) in [7, 11) is 1.67. The van der Waals surface area contributed by atoms with E-state index in [1.165, 1.54) is 41.9 Å². The molecule has 0 radical (unpaired) electrons. The van der Waals surface area contributed by atoms with Gasteiger partial charge in [0.2, 0.25) is 0 Å². The predicted octanol–water partition coefficient (Wildman–Crippen LogP) is 4.12. The first-order valence-electron chi connectivity index (χ1n) is 11.0. The molecule has 2 N–H and O–H groups in total. The lowest BCUT2D eigenvalue weighted by Gasteiger charge is -2.36. The second kappa shape index (κ2) is 8.38. The lowest BCUT2D eigenvalue weighted by atomic mass is 10.1. The molecule has 3 aromatic rings. The normalized spacial score (nSPS) is 16.8. The summed E-state index contributed by atoms with van der Waals surface area (Å²) in [6.45, 7) is 2.97. The van der Waals surface area contributed by atoms with Crippen LogP contribution in [0.25, 0.3) is 10.2 Å². The third-order valence-electron chi connectivity index (χ3n) is 6.45. The van der Waals surface area contributed by atoms with E-state index in [0.29, 0.717) is 23.7 Å². The fourth-order valence-corrected chi connectivity index (χ4v) is 5.66. The number of rotatable bonds is 3. The summed E-state index contributed by atoms with van der Waals surface area (Å²) in [4.78, 5) is 24.0. The van der Waals surface area contributed by atoms with Gasteiger partial charge in [-0.2, -0.15) is 0 Å². The van der Waals surface area contributed by atoms with E-state index in [1.807, 2.05) is 17.0 Å². The van der Waals surface area contributed by atoms with Crippen molar-refractivity contribution in [2.24, 2.45) is 0 Å². The van der Waals surface area contributed by atoms with Crippen LogP contribution in [0, 0.1) is 0 Å². The number of anilines is 2. The number of aromatic nitrogens is 1. The highest BCUT2D eigenvalue weighted by molar-refractivity contribution is 7.21. The molecular weight excluding hydrogens is 408 g/mol. The van der Waals surface area contributed by atoms with E-state index in [1.54, 1.807) is 7.11 Å². The lowest BCUT2D eigenvalue weighted by Crippen LogP contribution is -2.48. The Morgan fingerprint density at radius 1 is 1.06 bits per heavy atom. The quantitative estimate of drug-likeness (QED) is 0.626. The Labute approximate surface area is 186 Å². The van der Waals surface area contributed by atoms with Crippen LogP contribution in [0.2, 0.25) is 0 Å². The van der Waals surface area contributed by atoms with Gasteiger partial charge in [-0.05, 0) is 61.6 Å². The monoisotopic (exact) mass is 436 g/mol. The van der Waals surface area contributed by atoms with Gasteiger partial charge in [-0.3, -0.25) is 4.79 Å². The van der Waals surface area contributed by atoms with Gasteiger partial charge in [-0.25, -0.2) is 4.98 Å². The summed E-state index contributed by atoms with van der Waals surface area (Å²) in [5, 5.41) is 0.950. The van der Waals surface area contributed by atoms with Crippen LogP contribution in [0.1, 0.15) is 40.2 Å². The van der Waals surface area contributed by atoms with Gasteiger partial charge in [0.15, 0.2) is 0 Å². The first kappa shape index (κ1) is 20.1. The summed E-state index contributed by atoms with van der Waals surface area (Å²) in [5.41, 5.74) is 10.7. The summed E-state index contributed by atoms with van der Waals surface area (Å²) >= 11 is 1.45. The van der Waals surface area contributed by atoms with E-state index < -0.39 is 0 Å². The molecule has 3 heterocycles. The van der Waals surface area contributed by atoms with Gasteiger partial charge in [0.25, 0.3) is 5.91 Å². The summed E-state index contributed by atoms with van der Waals surface area (Å²) in [6, 6.07) is 10.3. The van der Waals surface area contributed by atoms with Crippen LogP contribution in [0.15, 0.2) is 30.3 Å². The van der Waals surface area contributed by atoms with Gasteiger partial charge in [-0.1, -0.05) is 6.42 Å². The molecule has 0 atom stereocenters. The maximum absolute atomic E-state index is 13.3. The molecule has 31 heavy (non-hydrogen) atoms. The molecule has 2 aromatic heterocycles. The number of nitrogens with zero attached hydrogens (tertiary/aromatic N) is 3. The summed E-state index contributed by atoms with van der Waals surface area (Å²) in [6.07, 6.45) is 5.74. The number of aryl methyl sites for hydroxylation is 2. The summed E-state index contributed by atoms with van der Waals surface area (Å²) < 4.78 is 5.24. The van der Waals surface area contributed by atoms with Crippen LogP contribution in [-0.4, -0.2) is 49.1 Å². The number of carbonyl (C=O) groups is 1. The van der Waals surface area contributed by atoms with Crippen LogP contribution in [0.3, 0.4) is 0 Å². The second-order valence-corrected chi connectivity index (χ2v) is 9.33. The highest BCUT2D eigenvalue weighted by atomic mass is 32.1. The van der Waals surface area contributed by atoms with Crippen LogP contribution < -0.4 is 15.4 Å². The SMILES string of the molecule is COc1ccc(N2CCN(C(=O)c3sc4nc5c(cc4c3N)CCCCC5)CC2)cc1. The molecule has 5 rings (SSSR count). The molecule has 0 saturated carbocycles. The number of fused-ring (bicyclic) bond motifs is 2. The molecule has 0 spiro atoms. The zero-order valence-electron chi connectivity index (χ0n) is 17.9. The standard InChI is InChI=1S/C24H28N4O2S/c1-30-18-9-7-17(8-10-18)27-11-13-28(14-12-27)24(29)22-21(25)19-15-16-5-3-2-4-6-20(16)26-23(19)31-22/h7-10,15H,2-6,11-14,25H2,1H3. The number of nitrogen functional groups attached to an aromatic ring is 1. The Hall–Kier alpha value is -2.80. The Balaban J connectivity index is 1.32. The van der Waals surface area contributed by atoms with Gasteiger partial charge in [0.1, 0.15) is 15.5 Å². The molecule has 6 nitrogen and oxygen atoms in total. The Morgan fingerprint density at radius 3 is 2.55 bits per heavy atom. The van der Waals surface area contributed by atoms with E-state index in [9.17, 15) is 4.79 Å². The average Bonchev–Trinajstić information content (AvgIpc) is 2.98. The number of carbonyl (C=O) groups excluding carboxylic acids is 1. The number of hydrogen-bond donors (Lipinski definition) is 1. The maximum Gasteiger partial charge on any atom is 0.266 e. The number of ether oxygens (including phenoxy) is 1. The van der Waals surface area contributed by atoms with Crippen molar-refractivity contribution in [2.75, 3.05) is 43.9 Å². The highest BCUT2D eigenvalue weighted by Crippen LogP contribution is 2.36. The van der Waals surface area contributed by atoms with Crippen LogP contribution in [0.5, 0.6) is 5.75 Å². The van der Waals surface area contributed by atoms with E-state index in [4.69, 9.17) is 15.5 Å². The molecule has 162 valence electrons. The van der Waals surface area contributed by atoms with Gasteiger partial charge in [0, 0.05) is 42.9 Å².